The van der Waals surface area contributed by atoms with Gasteiger partial charge in [0.05, 0.1) is 16.6 Å². The maximum atomic E-state index is 11.4. The molecule has 0 aliphatic carbocycles. The van der Waals surface area contributed by atoms with Crippen LogP contribution in [-0.4, -0.2) is 48.4 Å². The van der Waals surface area contributed by atoms with Crippen LogP contribution in [0.2, 0.25) is 10.0 Å². The average Bonchev–Trinajstić information content (AvgIpc) is 2.84. The molecule has 2 aromatic carbocycles. The molecule has 5 nitrogen and oxygen atoms in total. The normalized spacial score (nSPS) is 21.1. The first kappa shape index (κ1) is 19.2. The molecule has 2 heterocycles. The predicted molar refractivity (Wildman–Crippen MR) is 111 cm³/mol. The Bertz CT molecular complexity index is 862. The first-order valence-corrected chi connectivity index (χ1v) is 10.2. The molecule has 0 radical (unpaired) electrons. The number of hydrogen-bond acceptors (Lipinski definition) is 3. The van der Waals surface area contributed by atoms with Crippen LogP contribution in [0.4, 0.5) is 10.5 Å². The van der Waals surface area contributed by atoms with E-state index in [2.05, 4.69) is 4.90 Å². The fourth-order valence-electron chi connectivity index (χ4n) is 4.39. The Labute approximate surface area is 174 Å². The van der Waals surface area contributed by atoms with Crippen molar-refractivity contribution in [2.24, 2.45) is 0 Å². The number of hydrogen-bond donors (Lipinski definition) is 1. The van der Waals surface area contributed by atoms with Crippen molar-refractivity contribution in [2.75, 3.05) is 31.1 Å². The molecule has 7 heteroatoms. The van der Waals surface area contributed by atoms with E-state index in [4.69, 9.17) is 27.9 Å². The summed E-state index contributed by atoms with van der Waals surface area (Å²) < 4.78 is 5.90. The monoisotopic (exact) mass is 420 g/mol. The number of likely N-dealkylation sites (tertiary alicyclic amines) is 1. The number of anilines is 1. The number of carboxylic acid groups (broad SMARTS) is 1. The van der Waals surface area contributed by atoms with Crippen molar-refractivity contribution in [3.63, 3.8) is 0 Å². The summed E-state index contributed by atoms with van der Waals surface area (Å²) >= 11 is 12.9. The summed E-state index contributed by atoms with van der Waals surface area (Å²) in [5, 5.41) is 10.5. The summed E-state index contributed by atoms with van der Waals surface area (Å²) in [7, 11) is 0. The van der Waals surface area contributed by atoms with Crippen molar-refractivity contribution in [3.05, 3.63) is 58.1 Å². The molecule has 0 spiro atoms. The second kappa shape index (κ2) is 8.10. The molecular formula is C21H22Cl2N2O3. The number of ether oxygens (including phenoxy) is 1. The van der Waals surface area contributed by atoms with Crippen LogP contribution in [0.5, 0.6) is 5.75 Å². The molecule has 0 unspecified atom stereocenters. The third-order valence-electron chi connectivity index (χ3n) is 5.67. The number of halogens is 2. The number of fused-ring (bicyclic) bond motifs is 3. The summed E-state index contributed by atoms with van der Waals surface area (Å²) in [6, 6.07) is 13.8. The minimum absolute atomic E-state index is 0.169. The molecule has 1 fully saturated rings. The van der Waals surface area contributed by atoms with E-state index in [1.165, 1.54) is 4.90 Å². The highest BCUT2D eigenvalue weighted by molar-refractivity contribution is 6.42. The van der Waals surface area contributed by atoms with Crippen LogP contribution in [0.1, 0.15) is 24.3 Å². The second-order valence-corrected chi connectivity index (χ2v) is 7.96. The zero-order valence-electron chi connectivity index (χ0n) is 15.4. The molecule has 4 rings (SSSR count). The number of amides is 1. The van der Waals surface area contributed by atoms with Gasteiger partial charge in [0.25, 0.3) is 0 Å². The number of carbonyl (C=O) groups is 1. The Morgan fingerprint density at radius 3 is 2.61 bits per heavy atom. The minimum Gasteiger partial charge on any atom is -0.492 e. The van der Waals surface area contributed by atoms with Crippen molar-refractivity contribution in [3.8, 4) is 5.75 Å². The first-order valence-electron chi connectivity index (χ1n) is 9.46. The summed E-state index contributed by atoms with van der Waals surface area (Å²) in [5.74, 6) is 1.01. The van der Waals surface area contributed by atoms with E-state index >= 15 is 0 Å². The van der Waals surface area contributed by atoms with Crippen LogP contribution >= 0.6 is 23.2 Å². The van der Waals surface area contributed by atoms with Crippen LogP contribution < -0.4 is 9.64 Å². The summed E-state index contributed by atoms with van der Waals surface area (Å²) in [6.45, 7) is 2.27. The van der Waals surface area contributed by atoms with Crippen molar-refractivity contribution < 1.29 is 14.6 Å². The van der Waals surface area contributed by atoms with Crippen LogP contribution in [0.15, 0.2) is 42.5 Å². The maximum Gasteiger partial charge on any atom is 0.407 e. The standard InChI is InChI=1S/C21H22Cl2N2O3/c22-16-6-7-18-19(20(16)23)15-8-10-24(21(26)27)11-9-17(15)25(18)12-13-28-14-4-2-1-3-5-14/h1-7,15,17H,8-13H2,(H,26,27)/t15-,17+/m0/s1. The Morgan fingerprint density at radius 2 is 1.86 bits per heavy atom. The molecule has 0 saturated carbocycles. The quantitative estimate of drug-likeness (QED) is 0.745. The highest BCUT2D eigenvalue weighted by Gasteiger charge is 2.42. The molecule has 2 aliphatic heterocycles. The summed E-state index contributed by atoms with van der Waals surface area (Å²) in [4.78, 5) is 15.3. The van der Waals surface area contributed by atoms with Crippen molar-refractivity contribution >= 4 is 35.0 Å². The van der Waals surface area contributed by atoms with E-state index in [1.54, 1.807) is 0 Å². The molecule has 148 valence electrons. The number of nitrogens with zero attached hydrogens (tertiary/aromatic N) is 2. The largest absolute Gasteiger partial charge is 0.492 e. The topological polar surface area (TPSA) is 53.0 Å². The van der Waals surface area contributed by atoms with Gasteiger partial charge < -0.3 is 19.6 Å². The zero-order chi connectivity index (χ0) is 19.7. The number of para-hydroxylation sites is 1. The van der Waals surface area contributed by atoms with Gasteiger partial charge in [0.1, 0.15) is 12.4 Å². The molecule has 28 heavy (non-hydrogen) atoms. The zero-order valence-corrected chi connectivity index (χ0v) is 16.9. The van der Waals surface area contributed by atoms with E-state index in [-0.39, 0.29) is 12.0 Å². The predicted octanol–water partition coefficient (Wildman–Crippen LogP) is 5.12. The Morgan fingerprint density at radius 1 is 1.11 bits per heavy atom. The molecule has 0 aromatic heterocycles. The van der Waals surface area contributed by atoms with Crippen LogP contribution in [-0.2, 0) is 0 Å². The van der Waals surface area contributed by atoms with Gasteiger partial charge in [-0.15, -0.1) is 0 Å². The lowest BCUT2D eigenvalue weighted by Gasteiger charge is -2.29. The third kappa shape index (κ3) is 3.61. The maximum absolute atomic E-state index is 11.4. The first-order chi connectivity index (χ1) is 13.6. The van der Waals surface area contributed by atoms with Gasteiger partial charge in [-0.25, -0.2) is 4.79 Å². The molecule has 2 atom stereocenters. The van der Waals surface area contributed by atoms with Gasteiger partial charge >= 0.3 is 6.09 Å². The molecule has 1 saturated heterocycles. The number of rotatable bonds is 4. The van der Waals surface area contributed by atoms with Crippen molar-refractivity contribution in [1.29, 1.82) is 0 Å². The molecular weight excluding hydrogens is 399 g/mol. The Balaban J connectivity index is 1.58. The molecule has 1 N–H and O–H groups in total. The number of benzene rings is 2. The van der Waals surface area contributed by atoms with Gasteiger partial charge in [-0.05, 0) is 37.1 Å². The van der Waals surface area contributed by atoms with Crippen molar-refractivity contribution in [1.82, 2.24) is 4.90 Å². The molecule has 1 amide bonds. The lowest BCUT2D eigenvalue weighted by Crippen LogP contribution is -2.38. The lowest BCUT2D eigenvalue weighted by atomic mass is 9.91. The van der Waals surface area contributed by atoms with E-state index in [0.29, 0.717) is 36.3 Å². The minimum atomic E-state index is -0.864. The average molecular weight is 421 g/mol. The van der Waals surface area contributed by atoms with E-state index < -0.39 is 6.09 Å². The molecule has 2 aliphatic rings. The highest BCUT2D eigenvalue weighted by atomic mass is 35.5. The van der Waals surface area contributed by atoms with Crippen LogP contribution in [0, 0.1) is 0 Å². The summed E-state index contributed by atoms with van der Waals surface area (Å²) in [5.41, 5.74) is 2.14. The van der Waals surface area contributed by atoms with Gasteiger partial charge in [-0.2, -0.15) is 0 Å². The fraction of sp³-hybridized carbons (Fsp3) is 0.381. The van der Waals surface area contributed by atoms with E-state index in [9.17, 15) is 9.90 Å². The van der Waals surface area contributed by atoms with Gasteiger partial charge in [0.15, 0.2) is 0 Å². The second-order valence-electron chi connectivity index (χ2n) is 7.17. The highest BCUT2D eigenvalue weighted by Crippen LogP contribution is 2.50. The SMILES string of the molecule is O=C(O)N1CC[C@@H]2c3c(ccc(Cl)c3Cl)N(CCOc3ccccc3)[C@@H]2CC1. The smallest absolute Gasteiger partial charge is 0.407 e. The van der Waals surface area contributed by atoms with Crippen LogP contribution in [0.25, 0.3) is 0 Å². The summed E-state index contributed by atoms with van der Waals surface area (Å²) in [6.07, 6.45) is 0.627. The van der Waals surface area contributed by atoms with Gasteiger partial charge in [-0.1, -0.05) is 41.4 Å². The van der Waals surface area contributed by atoms with E-state index in [0.717, 1.165) is 29.8 Å². The van der Waals surface area contributed by atoms with Crippen molar-refractivity contribution in [2.45, 2.75) is 24.8 Å². The van der Waals surface area contributed by atoms with E-state index in [1.807, 2.05) is 42.5 Å². The van der Waals surface area contributed by atoms with Crippen LogP contribution in [0.3, 0.4) is 0 Å². The van der Waals surface area contributed by atoms with Gasteiger partial charge in [-0.3, -0.25) is 0 Å². The Hall–Kier alpha value is -2.11. The van der Waals surface area contributed by atoms with Gasteiger partial charge in [0, 0.05) is 36.3 Å². The fourth-order valence-corrected chi connectivity index (χ4v) is 4.86. The third-order valence-corrected chi connectivity index (χ3v) is 6.49. The Kier molecular flexibility index (Phi) is 5.56. The molecule has 2 aromatic rings. The van der Waals surface area contributed by atoms with Gasteiger partial charge in [0.2, 0.25) is 0 Å². The molecule has 0 bridgehead atoms. The lowest BCUT2D eigenvalue weighted by molar-refractivity contribution is 0.146.